The van der Waals surface area contributed by atoms with E-state index in [9.17, 15) is 9.90 Å². The second-order valence-electron chi connectivity index (χ2n) is 6.07. The highest BCUT2D eigenvalue weighted by Crippen LogP contribution is 2.28. The first kappa shape index (κ1) is 16.8. The zero-order valence-corrected chi connectivity index (χ0v) is 14.2. The molecule has 25 heavy (non-hydrogen) atoms. The summed E-state index contributed by atoms with van der Waals surface area (Å²) in [6.45, 7) is 9.01. The number of fused-ring (bicyclic) bond motifs is 1. The number of rotatable bonds is 5. The van der Waals surface area contributed by atoms with Crippen molar-refractivity contribution in [2.24, 2.45) is 5.92 Å². The lowest BCUT2D eigenvalue weighted by atomic mass is 10.1. The molecule has 0 saturated carbocycles. The van der Waals surface area contributed by atoms with E-state index in [1.54, 1.807) is 23.0 Å². The summed E-state index contributed by atoms with van der Waals surface area (Å²) < 4.78 is 6.85. The van der Waals surface area contributed by atoms with Crippen molar-refractivity contribution in [2.45, 2.75) is 26.9 Å². The molecule has 8 heteroatoms. The van der Waals surface area contributed by atoms with Gasteiger partial charge in [0.1, 0.15) is 17.7 Å². The van der Waals surface area contributed by atoms with E-state index in [0.717, 1.165) is 0 Å². The van der Waals surface area contributed by atoms with E-state index in [2.05, 4.69) is 26.8 Å². The Bertz CT molecular complexity index is 941. The summed E-state index contributed by atoms with van der Waals surface area (Å²) in [7, 11) is 0. The first-order chi connectivity index (χ1) is 11.9. The molecular weight excluding hydrogens is 322 g/mol. The van der Waals surface area contributed by atoms with Gasteiger partial charge < -0.3 is 14.8 Å². The number of imidazole rings is 1. The Kier molecular flexibility index (Phi) is 4.37. The third-order valence-corrected chi connectivity index (χ3v) is 3.72. The molecular formula is C17H19N5O3. The SMILES string of the molecule is C=C(NC(C)=O)n1cc(-c2cnc3ncoc3c2)nc1C(O)C(C)C. The van der Waals surface area contributed by atoms with Gasteiger partial charge in [-0.25, -0.2) is 9.97 Å². The van der Waals surface area contributed by atoms with Gasteiger partial charge >= 0.3 is 0 Å². The average molecular weight is 341 g/mol. The molecule has 0 radical (unpaired) electrons. The molecule has 1 unspecified atom stereocenters. The molecule has 3 heterocycles. The minimum absolute atomic E-state index is 0.0611. The standard InChI is InChI=1S/C17H19N5O3/c1-9(2)15(24)17-21-13(7-22(17)10(3)20-11(4)23)12-5-14-16(18-6-12)19-8-25-14/h5-9,15,24H,3H2,1-2,4H3,(H,20,23). The second kappa shape index (κ2) is 6.48. The van der Waals surface area contributed by atoms with E-state index in [1.807, 2.05) is 13.8 Å². The molecule has 8 nitrogen and oxygen atoms in total. The van der Waals surface area contributed by atoms with Gasteiger partial charge in [-0.1, -0.05) is 20.4 Å². The van der Waals surface area contributed by atoms with Crippen LogP contribution in [0.4, 0.5) is 0 Å². The van der Waals surface area contributed by atoms with E-state index in [0.29, 0.717) is 34.1 Å². The molecule has 0 spiro atoms. The maximum absolute atomic E-state index is 11.3. The highest BCUT2D eigenvalue weighted by Gasteiger charge is 2.22. The molecule has 2 N–H and O–H groups in total. The minimum atomic E-state index is -0.818. The van der Waals surface area contributed by atoms with Crippen LogP contribution in [0.5, 0.6) is 0 Å². The Labute approximate surface area is 144 Å². The lowest BCUT2D eigenvalue weighted by molar-refractivity contribution is -0.117. The Morgan fingerprint density at radius 3 is 2.84 bits per heavy atom. The van der Waals surface area contributed by atoms with Crippen LogP contribution in [0.2, 0.25) is 0 Å². The van der Waals surface area contributed by atoms with Crippen LogP contribution in [0.25, 0.3) is 28.3 Å². The van der Waals surface area contributed by atoms with E-state index in [4.69, 9.17) is 4.42 Å². The number of hydrogen-bond donors (Lipinski definition) is 2. The fourth-order valence-corrected chi connectivity index (χ4v) is 2.41. The highest BCUT2D eigenvalue weighted by atomic mass is 16.3. The minimum Gasteiger partial charge on any atom is -0.442 e. The highest BCUT2D eigenvalue weighted by molar-refractivity contribution is 5.80. The Morgan fingerprint density at radius 2 is 2.16 bits per heavy atom. The molecule has 130 valence electrons. The Morgan fingerprint density at radius 1 is 1.40 bits per heavy atom. The summed E-state index contributed by atoms with van der Waals surface area (Å²) in [5.41, 5.74) is 2.33. The number of aliphatic hydroxyl groups is 1. The molecule has 0 bridgehead atoms. The van der Waals surface area contributed by atoms with Crippen LogP contribution in [0, 0.1) is 5.92 Å². The van der Waals surface area contributed by atoms with Crippen molar-refractivity contribution in [2.75, 3.05) is 0 Å². The number of aromatic nitrogens is 4. The summed E-state index contributed by atoms with van der Waals surface area (Å²) in [6, 6.07) is 1.77. The van der Waals surface area contributed by atoms with E-state index in [1.165, 1.54) is 13.3 Å². The number of carbonyl (C=O) groups is 1. The van der Waals surface area contributed by atoms with Crippen LogP contribution in [-0.2, 0) is 4.79 Å². The summed E-state index contributed by atoms with van der Waals surface area (Å²) in [5, 5.41) is 13.1. The van der Waals surface area contributed by atoms with Gasteiger partial charge in [0, 0.05) is 24.9 Å². The Hall–Kier alpha value is -3.00. The monoisotopic (exact) mass is 341 g/mol. The molecule has 3 aromatic rings. The molecule has 0 aliphatic carbocycles. The molecule has 0 fully saturated rings. The van der Waals surface area contributed by atoms with Crippen molar-refractivity contribution in [3.05, 3.63) is 37.3 Å². The van der Waals surface area contributed by atoms with Crippen molar-refractivity contribution in [1.29, 1.82) is 0 Å². The predicted octanol–water partition coefficient (Wildman–Crippen LogP) is 2.34. The predicted molar refractivity (Wildman–Crippen MR) is 92.0 cm³/mol. The van der Waals surface area contributed by atoms with E-state index < -0.39 is 6.10 Å². The molecule has 1 amide bonds. The van der Waals surface area contributed by atoms with Gasteiger partial charge in [0.2, 0.25) is 5.91 Å². The van der Waals surface area contributed by atoms with Crippen molar-refractivity contribution in [3.63, 3.8) is 0 Å². The van der Waals surface area contributed by atoms with Gasteiger partial charge in [0.25, 0.3) is 0 Å². The number of nitrogens with one attached hydrogen (secondary N) is 1. The van der Waals surface area contributed by atoms with Crippen molar-refractivity contribution in [3.8, 4) is 11.3 Å². The van der Waals surface area contributed by atoms with E-state index >= 15 is 0 Å². The van der Waals surface area contributed by atoms with Crippen LogP contribution >= 0.6 is 0 Å². The van der Waals surface area contributed by atoms with Gasteiger partial charge in [0.05, 0.1) is 5.69 Å². The summed E-state index contributed by atoms with van der Waals surface area (Å²) in [4.78, 5) is 24.1. The molecule has 0 aliphatic heterocycles. The third kappa shape index (κ3) is 3.29. The van der Waals surface area contributed by atoms with Gasteiger partial charge in [-0.15, -0.1) is 0 Å². The van der Waals surface area contributed by atoms with Gasteiger partial charge in [-0.2, -0.15) is 4.98 Å². The van der Waals surface area contributed by atoms with Gasteiger partial charge in [-0.05, 0) is 12.0 Å². The maximum Gasteiger partial charge on any atom is 0.222 e. The number of aliphatic hydroxyl groups excluding tert-OH is 1. The first-order valence-electron chi connectivity index (χ1n) is 7.80. The van der Waals surface area contributed by atoms with Crippen LogP contribution in [0.15, 0.2) is 35.8 Å². The van der Waals surface area contributed by atoms with Crippen molar-refractivity contribution in [1.82, 2.24) is 24.8 Å². The van der Waals surface area contributed by atoms with Crippen LogP contribution in [0.3, 0.4) is 0 Å². The maximum atomic E-state index is 11.3. The topological polar surface area (TPSA) is 106 Å². The quantitative estimate of drug-likeness (QED) is 0.738. The molecule has 0 saturated heterocycles. The van der Waals surface area contributed by atoms with Gasteiger partial charge in [-0.3, -0.25) is 9.36 Å². The molecule has 0 aromatic carbocycles. The first-order valence-corrected chi connectivity index (χ1v) is 7.80. The molecule has 1 atom stereocenters. The normalized spacial score (nSPS) is 12.5. The van der Waals surface area contributed by atoms with Crippen molar-refractivity contribution >= 4 is 23.0 Å². The second-order valence-corrected chi connectivity index (χ2v) is 6.07. The van der Waals surface area contributed by atoms with Gasteiger partial charge in [0.15, 0.2) is 17.6 Å². The number of amides is 1. The third-order valence-electron chi connectivity index (χ3n) is 3.72. The molecule has 0 aliphatic rings. The number of nitrogens with zero attached hydrogens (tertiary/aromatic N) is 4. The van der Waals surface area contributed by atoms with Crippen LogP contribution < -0.4 is 5.32 Å². The summed E-state index contributed by atoms with van der Waals surface area (Å²) in [6.07, 6.45) is 3.83. The van der Waals surface area contributed by atoms with Crippen LogP contribution in [0.1, 0.15) is 32.7 Å². The number of hydrogen-bond acceptors (Lipinski definition) is 6. The largest absolute Gasteiger partial charge is 0.442 e. The molecule has 3 rings (SSSR count). The molecule has 3 aromatic heterocycles. The number of pyridine rings is 1. The fourth-order valence-electron chi connectivity index (χ4n) is 2.41. The fraction of sp³-hybridized carbons (Fsp3) is 0.294. The Balaban J connectivity index is 2.08. The zero-order valence-electron chi connectivity index (χ0n) is 14.2. The van der Waals surface area contributed by atoms with Crippen molar-refractivity contribution < 1.29 is 14.3 Å². The lowest BCUT2D eigenvalue weighted by Crippen LogP contribution is -2.23. The van der Waals surface area contributed by atoms with E-state index in [-0.39, 0.29) is 11.8 Å². The lowest BCUT2D eigenvalue weighted by Gasteiger charge is -2.17. The summed E-state index contributed by atoms with van der Waals surface area (Å²) >= 11 is 0. The number of oxazole rings is 1. The zero-order chi connectivity index (χ0) is 18.1. The van der Waals surface area contributed by atoms with Crippen LogP contribution in [-0.4, -0.2) is 30.5 Å². The number of carbonyl (C=O) groups excluding carboxylic acids is 1. The average Bonchev–Trinajstić information content (AvgIpc) is 3.19. The summed E-state index contributed by atoms with van der Waals surface area (Å²) in [5.74, 6) is 0.389. The smallest absolute Gasteiger partial charge is 0.222 e.